The molecule has 2 heterocycles. The zero-order chi connectivity index (χ0) is 22.2. The molecule has 160 valence electrons. The highest BCUT2D eigenvalue weighted by molar-refractivity contribution is 6.07. The number of carbonyl (C=O) groups excluding carboxylic acids is 2. The SMILES string of the molecule is O=C1[C@@H]2[C@@H](ON(c3cccc([N+](=O)[O-])c3)[C@H]2c2ccccc2)C(=O)N1Cc1ccccc1. The summed E-state index contributed by atoms with van der Waals surface area (Å²) in [5.74, 6) is -1.48. The van der Waals surface area contributed by atoms with Crippen LogP contribution in [0.4, 0.5) is 11.4 Å². The number of rotatable bonds is 5. The number of anilines is 1. The Bertz CT molecular complexity index is 1180. The topological polar surface area (TPSA) is 93.0 Å². The predicted molar refractivity (Wildman–Crippen MR) is 115 cm³/mol. The van der Waals surface area contributed by atoms with Crippen LogP contribution in [0.15, 0.2) is 84.9 Å². The van der Waals surface area contributed by atoms with Gasteiger partial charge in [-0.15, -0.1) is 0 Å². The monoisotopic (exact) mass is 429 g/mol. The van der Waals surface area contributed by atoms with Gasteiger partial charge in [-0.2, -0.15) is 0 Å². The van der Waals surface area contributed by atoms with Crippen LogP contribution in [-0.2, 0) is 21.0 Å². The molecule has 3 aromatic rings. The van der Waals surface area contributed by atoms with Gasteiger partial charge in [0, 0.05) is 12.1 Å². The van der Waals surface area contributed by atoms with Gasteiger partial charge in [0.2, 0.25) is 5.91 Å². The number of nitro groups is 1. The van der Waals surface area contributed by atoms with E-state index in [-0.39, 0.29) is 18.1 Å². The quantitative estimate of drug-likeness (QED) is 0.349. The number of hydroxylamine groups is 1. The molecule has 0 unspecified atom stereocenters. The van der Waals surface area contributed by atoms with Crippen LogP contribution in [0.3, 0.4) is 0 Å². The lowest BCUT2D eigenvalue weighted by molar-refractivity contribution is -0.384. The van der Waals surface area contributed by atoms with E-state index in [0.29, 0.717) is 5.69 Å². The van der Waals surface area contributed by atoms with E-state index in [1.54, 1.807) is 12.1 Å². The summed E-state index contributed by atoms with van der Waals surface area (Å²) in [6.45, 7) is 0.174. The molecule has 0 spiro atoms. The third-order valence-corrected chi connectivity index (χ3v) is 5.83. The summed E-state index contributed by atoms with van der Waals surface area (Å²) in [7, 11) is 0. The number of nitrogens with zero attached hydrogens (tertiary/aromatic N) is 3. The van der Waals surface area contributed by atoms with Gasteiger partial charge in [0.15, 0.2) is 6.10 Å². The van der Waals surface area contributed by atoms with Crippen molar-refractivity contribution in [2.24, 2.45) is 5.92 Å². The van der Waals surface area contributed by atoms with Crippen LogP contribution in [0.2, 0.25) is 0 Å². The van der Waals surface area contributed by atoms with Crippen molar-refractivity contribution in [3.63, 3.8) is 0 Å². The Balaban J connectivity index is 1.53. The first kappa shape index (κ1) is 19.9. The van der Waals surface area contributed by atoms with E-state index in [9.17, 15) is 19.7 Å². The van der Waals surface area contributed by atoms with Crippen LogP contribution in [0.1, 0.15) is 17.2 Å². The summed E-state index contributed by atoms with van der Waals surface area (Å²) in [6, 6.07) is 24.0. The van der Waals surface area contributed by atoms with Gasteiger partial charge >= 0.3 is 0 Å². The highest BCUT2D eigenvalue weighted by Crippen LogP contribution is 2.47. The average molecular weight is 429 g/mol. The molecule has 3 aromatic carbocycles. The molecular formula is C24H19N3O5. The van der Waals surface area contributed by atoms with Gasteiger partial charge in [0.1, 0.15) is 5.92 Å². The number of imide groups is 1. The maximum Gasteiger partial charge on any atom is 0.271 e. The van der Waals surface area contributed by atoms with Gasteiger partial charge in [0.05, 0.1) is 23.2 Å². The second-order valence-corrected chi connectivity index (χ2v) is 7.76. The first-order valence-electron chi connectivity index (χ1n) is 10.2. The molecule has 0 aromatic heterocycles. The third-order valence-electron chi connectivity index (χ3n) is 5.83. The van der Waals surface area contributed by atoms with Crippen molar-refractivity contribution in [2.75, 3.05) is 5.06 Å². The molecule has 2 fully saturated rings. The maximum atomic E-state index is 13.4. The molecule has 0 N–H and O–H groups in total. The molecule has 32 heavy (non-hydrogen) atoms. The van der Waals surface area contributed by atoms with Crippen LogP contribution in [-0.4, -0.2) is 27.7 Å². The van der Waals surface area contributed by atoms with Crippen LogP contribution in [0.5, 0.6) is 0 Å². The smallest absolute Gasteiger partial charge is 0.271 e. The third kappa shape index (κ3) is 3.30. The standard InChI is InChI=1S/C24H19N3O5/c28-23-20-21(17-10-5-2-6-11-17)26(18-12-7-13-19(14-18)27(30)31)32-22(20)24(29)25(23)15-16-8-3-1-4-9-16/h1-14,20-22H,15H2/t20-,21-,22+/m0/s1. The Hall–Kier alpha value is -4.04. The second-order valence-electron chi connectivity index (χ2n) is 7.76. The first-order valence-corrected chi connectivity index (χ1v) is 10.2. The molecular weight excluding hydrogens is 410 g/mol. The Morgan fingerprint density at radius 1 is 0.875 bits per heavy atom. The number of non-ortho nitro benzene ring substituents is 1. The van der Waals surface area contributed by atoms with Crippen LogP contribution in [0.25, 0.3) is 0 Å². The summed E-state index contributed by atoms with van der Waals surface area (Å²) in [5.41, 5.74) is 1.95. The van der Waals surface area contributed by atoms with Crippen molar-refractivity contribution in [3.8, 4) is 0 Å². The Morgan fingerprint density at radius 2 is 1.56 bits per heavy atom. The van der Waals surface area contributed by atoms with Crippen molar-refractivity contribution < 1.29 is 19.3 Å². The number of nitro benzene ring substituents is 1. The fourth-order valence-electron chi connectivity index (χ4n) is 4.35. The molecule has 3 atom stereocenters. The van der Waals surface area contributed by atoms with E-state index in [1.807, 2.05) is 60.7 Å². The average Bonchev–Trinajstić information content (AvgIpc) is 3.32. The number of amides is 2. The molecule has 0 bridgehead atoms. The molecule has 2 aliphatic rings. The number of benzene rings is 3. The highest BCUT2D eigenvalue weighted by atomic mass is 16.7. The fourth-order valence-corrected chi connectivity index (χ4v) is 4.35. The Labute approximate surface area is 183 Å². The van der Waals surface area contributed by atoms with Crippen molar-refractivity contribution in [2.45, 2.75) is 18.7 Å². The lowest BCUT2D eigenvalue weighted by atomic mass is 9.90. The van der Waals surface area contributed by atoms with Crippen molar-refractivity contribution in [1.29, 1.82) is 0 Å². The van der Waals surface area contributed by atoms with E-state index in [0.717, 1.165) is 11.1 Å². The lowest BCUT2D eigenvalue weighted by Gasteiger charge is -2.28. The van der Waals surface area contributed by atoms with Gasteiger partial charge in [0.25, 0.3) is 11.6 Å². The molecule has 8 heteroatoms. The Kier molecular flexibility index (Phi) is 4.91. The van der Waals surface area contributed by atoms with Crippen molar-refractivity contribution in [1.82, 2.24) is 4.90 Å². The number of likely N-dealkylation sites (tertiary alicyclic amines) is 1. The van der Waals surface area contributed by atoms with E-state index in [2.05, 4.69) is 0 Å². The van der Waals surface area contributed by atoms with Crippen LogP contribution in [0, 0.1) is 16.0 Å². The van der Waals surface area contributed by atoms with Crippen molar-refractivity contribution in [3.05, 3.63) is 106 Å². The molecule has 0 radical (unpaired) electrons. The van der Waals surface area contributed by atoms with Crippen LogP contribution < -0.4 is 5.06 Å². The molecule has 2 amide bonds. The summed E-state index contributed by atoms with van der Waals surface area (Å²) >= 11 is 0. The predicted octanol–water partition coefficient (Wildman–Crippen LogP) is 3.64. The summed E-state index contributed by atoms with van der Waals surface area (Å²) in [6.07, 6.45) is -0.990. The number of fused-ring (bicyclic) bond motifs is 1. The summed E-state index contributed by atoms with van der Waals surface area (Å²) < 4.78 is 0. The first-order chi connectivity index (χ1) is 15.5. The molecule has 2 aliphatic heterocycles. The Morgan fingerprint density at radius 3 is 2.25 bits per heavy atom. The number of carbonyl (C=O) groups is 2. The molecule has 8 nitrogen and oxygen atoms in total. The highest BCUT2D eigenvalue weighted by Gasteiger charge is 2.59. The minimum absolute atomic E-state index is 0.0988. The normalized spacial score (nSPS) is 22.3. The molecule has 0 saturated carbocycles. The fraction of sp³-hybridized carbons (Fsp3) is 0.167. The zero-order valence-electron chi connectivity index (χ0n) is 16.9. The zero-order valence-corrected chi connectivity index (χ0v) is 16.9. The van der Waals surface area contributed by atoms with Gasteiger partial charge in [-0.05, 0) is 17.2 Å². The molecule has 2 saturated heterocycles. The largest absolute Gasteiger partial charge is 0.275 e. The second kappa shape index (κ2) is 7.90. The van der Waals surface area contributed by atoms with Gasteiger partial charge < -0.3 is 0 Å². The number of hydrogen-bond donors (Lipinski definition) is 0. The van der Waals surface area contributed by atoms with Gasteiger partial charge in [-0.25, -0.2) is 5.06 Å². The summed E-state index contributed by atoms with van der Waals surface area (Å²) in [5, 5.41) is 12.7. The molecule has 5 rings (SSSR count). The van der Waals surface area contributed by atoms with Gasteiger partial charge in [-0.3, -0.25) is 29.4 Å². The van der Waals surface area contributed by atoms with Crippen molar-refractivity contribution >= 4 is 23.2 Å². The van der Waals surface area contributed by atoms with Gasteiger partial charge in [-0.1, -0.05) is 66.7 Å². The van der Waals surface area contributed by atoms with E-state index in [4.69, 9.17) is 4.84 Å². The number of hydrogen-bond acceptors (Lipinski definition) is 6. The minimum atomic E-state index is -0.990. The minimum Gasteiger partial charge on any atom is -0.275 e. The van der Waals surface area contributed by atoms with E-state index < -0.39 is 28.9 Å². The van der Waals surface area contributed by atoms with E-state index in [1.165, 1.54) is 22.1 Å². The van der Waals surface area contributed by atoms with Crippen LogP contribution >= 0.6 is 0 Å². The summed E-state index contributed by atoms with van der Waals surface area (Å²) in [4.78, 5) is 44.6. The van der Waals surface area contributed by atoms with E-state index >= 15 is 0 Å². The maximum absolute atomic E-state index is 13.4. The molecule has 0 aliphatic carbocycles. The lowest BCUT2D eigenvalue weighted by Crippen LogP contribution is -2.36.